The zero-order chi connectivity index (χ0) is 18.8. The smallest absolute Gasteiger partial charge is 0.237 e. The summed E-state index contributed by atoms with van der Waals surface area (Å²) in [7, 11) is 0. The lowest BCUT2D eigenvalue weighted by molar-refractivity contribution is -0.133. The Bertz CT molecular complexity index is 803. The van der Waals surface area contributed by atoms with E-state index in [0.29, 0.717) is 19.0 Å². The quantitative estimate of drug-likeness (QED) is 0.895. The second-order valence-corrected chi connectivity index (χ2v) is 7.65. The Morgan fingerprint density at radius 3 is 2.81 bits per heavy atom. The van der Waals surface area contributed by atoms with Crippen molar-refractivity contribution in [2.75, 3.05) is 31.5 Å². The number of halogens is 1. The number of pyridine rings is 2. The third-order valence-electron chi connectivity index (χ3n) is 5.65. The average Bonchev–Trinajstić information content (AvgIpc) is 3.02. The molecular formula is C20H26FN5O. The van der Waals surface area contributed by atoms with Crippen molar-refractivity contribution < 1.29 is 9.18 Å². The zero-order valence-electron chi connectivity index (χ0n) is 15.6. The summed E-state index contributed by atoms with van der Waals surface area (Å²) < 4.78 is 13.5. The maximum Gasteiger partial charge on any atom is 0.237 e. The van der Waals surface area contributed by atoms with E-state index in [9.17, 15) is 9.18 Å². The Morgan fingerprint density at radius 2 is 2.07 bits per heavy atom. The van der Waals surface area contributed by atoms with Crippen LogP contribution < -0.4 is 5.32 Å². The standard InChI is InChI=1S/C20H26FN5O/c1-14-11-15(21)12-26(14)19(27)13-25-9-5-16(6-10-25)24-18-4-8-22-17-3-2-7-23-20(17)18/h2-4,7-8,14-16H,5-6,9-13H2,1H3,(H,22,24)/t14-,15+/m1/s1. The topological polar surface area (TPSA) is 61.4 Å². The number of piperidine rings is 1. The highest BCUT2D eigenvalue weighted by Gasteiger charge is 2.33. The van der Waals surface area contributed by atoms with E-state index in [1.807, 2.05) is 25.1 Å². The number of amides is 1. The summed E-state index contributed by atoms with van der Waals surface area (Å²) in [4.78, 5) is 25.1. The van der Waals surface area contributed by atoms with Crippen molar-refractivity contribution in [3.8, 4) is 0 Å². The van der Waals surface area contributed by atoms with Gasteiger partial charge in [0, 0.05) is 44.0 Å². The molecule has 4 rings (SSSR count). The lowest BCUT2D eigenvalue weighted by atomic mass is 10.0. The SMILES string of the molecule is C[C@@H]1C[C@H](F)CN1C(=O)CN1CCC(Nc2ccnc3cccnc23)CC1. The van der Waals surface area contributed by atoms with Crippen molar-refractivity contribution in [3.63, 3.8) is 0 Å². The van der Waals surface area contributed by atoms with Gasteiger partial charge in [-0.25, -0.2) is 4.39 Å². The van der Waals surface area contributed by atoms with Crippen LogP contribution in [0.25, 0.3) is 11.0 Å². The van der Waals surface area contributed by atoms with Crippen LogP contribution in [0.4, 0.5) is 10.1 Å². The highest BCUT2D eigenvalue weighted by Crippen LogP contribution is 2.23. The molecule has 2 fully saturated rings. The average molecular weight is 371 g/mol. The zero-order valence-corrected chi connectivity index (χ0v) is 15.6. The van der Waals surface area contributed by atoms with E-state index >= 15 is 0 Å². The van der Waals surface area contributed by atoms with Crippen molar-refractivity contribution >= 4 is 22.6 Å². The van der Waals surface area contributed by atoms with Gasteiger partial charge in [-0.1, -0.05) is 0 Å². The van der Waals surface area contributed by atoms with Crippen molar-refractivity contribution in [3.05, 3.63) is 30.6 Å². The van der Waals surface area contributed by atoms with Crippen molar-refractivity contribution in [2.24, 2.45) is 0 Å². The molecule has 2 aliphatic rings. The molecular weight excluding hydrogens is 345 g/mol. The Labute approximate surface area is 158 Å². The fourth-order valence-electron chi connectivity index (χ4n) is 4.15. The minimum atomic E-state index is -0.873. The number of anilines is 1. The molecule has 4 heterocycles. The van der Waals surface area contributed by atoms with Crippen molar-refractivity contribution in [1.29, 1.82) is 0 Å². The first-order valence-electron chi connectivity index (χ1n) is 9.72. The van der Waals surface area contributed by atoms with Gasteiger partial charge in [-0.05, 0) is 38.0 Å². The highest BCUT2D eigenvalue weighted by molar-refractivity contribution is 5.87. The van der Waals surface area contributed by atoms with Gasteiger partial charge in [0.1, 0.15) is 11.7 Å². The van der Waals surface area contributed by atoms with Gasteiger partial charge in [0.2, 0.25) is 5.91 Å². The Balaban J connectivity index is 1.31. The molecule has 0 radical (unpaired) electrons. The molecule has 6 nitrogen and oxygen atoms in total. The van der Waals surface area contributed by atoms with E-state index < -0.39 is 6.17 Å². The van der Waals surface area contributed by atoms with Gasteiger partial charge in [-0.15, -0.1) is 0 Å². The van der Waals surface area contributed by atoms with Crippen LogP contribution >= 0.6 is 0 Å². The Morgan fingerprint density at radius 1 is 1.26 bits per heavy atom. The second kappa shape index (κ2) is 7.76. The number of fused-ring (bicyclic) bond motifs is 1. The molecule has 0 saturated carbocycles. The van der Waals surface area contributed by atoms with Crippen LogP contribution in [0.5, 0.6) is 0 Å². The van der Waals surface area contributed by atoms with Crippen LogP contribution in [0.15, 0.2) is 30.6 Å². The van der Waals surface area contributed by atoms with Gasteiger partial charge in [-0.3, -0.25) is 19.7 Å². The molecule has 0 spiro atoms. The third-order valence-corrected chi connectivity index (χ3v) is 5.65. The molecule has 0 aliphatic carbocycles. The molecule has 2 atom stereocenters. The monoisotopic (exact) mass is 371 g/mol. The molecule has 2 aromatic heterocycles. The van der Waals surface area contributed by atoms with Gasteiger partial charge in [-0.2, -0.15) is 0 Å². The van der Waals surface area contributed by atoms with E-state index in [1.54, 1.807) is 17.3 Å². The number of hydrogen-bond acceptors (Lipinski definition) is 5. The minimum Gasteiger partial charge on any atom is -0.380 e. The lowest BCUT2D eigenvalue weighted by Gasteiger charge is -2.34. The predicted octanol–water partition coefficient (Wildman–Crippen LogP) is 2.46. The molecule has 7 heteroatoms. The summed E-state index contributed by atoms with van der Waals surface area (Å²) >= 11 is 0. The van der Waals surface area contributed by atoms with E-state index in [1.165, 1.54) is 0 Å². The summed E-state index contributed by atoms with van der Waals surface area (Å²) in [5, 5.41) is 3.59. The number of aromatic nitrogens is 2. The fraction of sp³-hybridized carbons (Fsp3) is 0.550. The molecule has 2 saturated heterocycles. The molecule has 1 amide bonds. The number of nitrogens with zero attached hydrogens (tertiary/aromatic N) is 4. The first-order valence-corrected chi connectivity index (χ1v) is 9.72. The summed E-state index contributed by atoms with van der Waals surface area (Å²) in [6.07, 6.45) is 5.10. The maximum absolute atomic E-state index is 13.5. The lowest BCUT2D eigenvalue weighted by Crippen LogP contribution is -2.46. The van der Waals surface area contributed by atoms with E-state index in [4.69, 9.17) is 0 Å². The molecule has 2 aliphatic heterocycles. The minimum absolute atomic E-state index is 0.0131. The van der Waals surface area contributed by atoms with Crippen LogP contribution in [0.3, 0.4) is 0 Å². The van der Waals surface area contributed by atoms with Crippen molar-refractivity contribution in [2.45, 2.75) is 44.4 Å². The van der Waals surface area contributed by atoms with Crippen LogP contribution in [0, 0.1) is 0 Å². The third kappa shape index (κ3) is 4.03. The molecule has 0 unspecified atom stereocenters. The van der Waals surface area contributed by atoms with Gasteiger partial charge >= 0.3 is 0 Å². The van der Waals surface area contributed by atoms with Gasteiger partial charge in [0.05, 0.1) is 24.3 Å². The fourth-order valence-corrected chi connectivity index (χ4v) is 4.15. The summed E-state index contributed by atoms with van der Waals surface area (Å²) in [6.45, 7) is 4.30. The van der Waals surface area contributed by atoms with E-state index in [2.05, 4.69) is 20.2 Å². The normalized spacial score (nSPS) is 24.4. The molecule has 0 bridgehead atoms. The first-order chi connectivity index (χ1) is 13.1. The molecule has 0 aromatic carbocycles. The summed E-state index contributed by atoms with van der Waals surface area (Å²) in [5.74, 6) is 0.0541. The summed E-state index contributed by atoms with van der Waals surface area (Å²) in [6, 6.07) is 6.18. The Hall–Kier alpha value is -2.28. The highest BCUT2D eigenvalue weighted by atomic mass is 19.1. The van der Waals surface area contributed by atoms with E-state index in [-0.39, 0.29) is 18.5 Å². The number of rotatable bonds is 4. The molecule has 144 valence electrons. The molecule has 2 aromatic rings. The maximum atomic E-state index is 13.5. The van der Waals surface area contributed by atoms with E-state index in [0.717, 1.165) is 42.7 Å². The van der Waals surface area contributed by atoms with Gasteiger partial charge in [0.25, 0.3) is 0 Å². The number of alkyl halides is 1. The number of hydrogen-bond donors (Lipinski definition) is 1. The first kappa shape index (κ1) is 18.1. The summed E-state index contributed by atoms with van der Waals surface area (Å²) in [5.41, 5.74) is 2.79. The number of nitrogens with one attached hydrogen (secondary N) is 1. The number of carbonyl (C=O) groups is 1. The van der Waals surface area contributed by atoms with Crippen LogP contribution in [-0.2, 0) is 4.79 Å². The molecule has 27 heavy (non-hydrogen) atoms. The largest absolute Gasteiger partial charge is 0.380 e. The van der Waals surface area contributed by atoms with Crippen LogP contribution in [0.2, 0.25) is 0 Å². The second-order valence-electron chi connectivity index (χ2n) is 7.65. The van der Waals surface area contributed by atoms with Crippen molar-refractivity contribution in [1.82, 2.24) is 19.8 Å². The Kier molecular flexibility index (Phi) is 5.20. The molecule has 1 N–H and O–H groups in total. The predicted molar refractivity (Wildman–Crippen MR) is 103 cm³/mol. The number of carbonyl (C=O) groups excluding carboxylic acids is 1. The number of likely N-dealkylation sites (tertiary alicyclic amines) is 2. The van der Waals surface area contributed by atoms with Crippen LogP contribution in [-0.4, -0.2) is 70.1 Å². The van der Waals surface area contributed by atoms with Gasteiger partial charge in [0.15, 0.2) is 0 Å². The van der Waals surface area contributed by atoms with Gasteiger partial charge < -0.3 is 10.2 Å². The van der Waals surface area contributed by atoms with Crippen LogP contribution in [0.1, 0.15) is 26.2 Å².